The third kappa shape index (κ3) is 9.84. The number of benzene rings is 3. The van der Waals surface area contributed by atoms with Crippen LogP contribution in [0.1, 0.15) is 93.1 Å². The van der Waals surface area contributed by atoms with Gasteiger partial charge in [-0.3, -0.25) is 9.59 Å². The quantitative estimate of drug-likeness (QED) is 0.117. The lowest BCUT2D eigenvalue weighted by atomic mass is 9.82. The highest BCUT2D eigenvalue weighted by molar-refractivity contribution is 7.89. The zero-order valence-corrected chi connectivity index (χ0v) is 33.3. The van der Waals surface area contributed by atoms with Crippen LogP contribution in [0.2, 0.25) is 0 Å². The molecule has 0 bridgehead atoms. The molecule has 1 fully saturated rings. The van der Waals surface area contributed by atoms with E-state index in [1.165, 1.54) is 6.42 Å². The number of likely N-dealkylation sites (N-methyl/N-ethyl adjacent to an activating group) is 1. The van der Waals surface area contributed by atoms with Crippen LogP contribution in [-0.4, -0.2) is 76.5 Å². The Morgan fingerprint density at radius 1 is 0.963 bits per heavy atom. The van der Waals surface area contributed by atoms with E-state index in [1.54, 1.807) is 48.3 Å². The number of aromatic nitrogens is 1. The molecule has 54 heavy (non-hydrogen) atoms. The van der Waals surface area contributed by atoms with Crippen LogP contribution in [0.3, 0.4) is 0 Å². The lowest BCUT2D eigenvalue weighted by Gasteiger charge is -2.32. The Hall–Kier alpha value is -4.35. The highest BCUT2D eigenvalue weighted by atomic mass is 35.5. The van der Waals surface area contributed by atoms with Gasteiger partial charge in [0.1, 0.15) is 6.54 Å². The zero-order valence-electron chi connectivity index (χ0n) is 31.8. The van der Waals surface area contributed by atoms with Crippen LogP contribution in [-0.2, 0) is 27.9 Å². The first-order chi connectivity index (χ1) is 25.7. The Morgan fingerprint density at radius 3 is 2.22 bits per heavy atom. The highest BCUT2D eigenvalue weighted by Gasteiger charge is 2.32. The third-order valence-electron chi connectivity index (χ3n) is 10.5. The zero-order chi connectivity index (χ0) is 39.0. The Balaban J connectivity index is 1.62. The predicted octanol–water partition coefficient (Wildman–Crippen LogP) is 8.49. The van der Waals surface area contributed by atoms with Crippen LogP contribution in [0.5, 0.6) is 0 Å². The number of hydrogen-bond donors (Lipinski definition) is 2. The van der Waals surface area contributed by atoms with Gasteiger partial charge in [0.15, 0.2) is 0 Å². The molecule has 290 valence electrons. The number of carbonyl (C=O) groups is 3. The number of fused-ring (bicyclic) bond motifs is 1. The number of carboxylic acid groups (broad SMARTS) is 1. The molecule has 0 saturated heterocycles. The first-order valence-corrected chi connectivity index (χ1v) is 20.9. The maximum Gasteiger partial charge on any atom is 0.404 e. The standard InChI is InChI=1S/C42H53ClN4O6S/c1-42(2,3)36(44-41(50)51)23-25-45(4)37(48)29-46-35-27-33(40(49)47(54(52,53)26-14-24-43)28-30-15-8-5-9-16-30)21-22-34(35)38(31-17-10-6-11-18-31)39(46)32-19-12-7-13-20-32/h5,7-9,12-13,15-16,19-22,27,31,36,44H,6,10-11,14,17-18,23-26,28-29H2,1-4H3,(H,50,51). The van der Waals surface area contributed by atoms with Crippen molar-refractivity contribution < 1.29 is 27.9 Å². The molecule has 3 aromatic carbocycles. The van der Waals surface area contributed by atoms with E-state index in [1.807, 2.05) is 67.8 Å². The van der Waals surface area contributed by atoms with Crippen LogP contribution in [0.15, 0.2) is 78.9 Å². The molecule has 3 amide bonds. The van der Waals surface area contributed by atoms with Crippen molar-refractivity contribution in [3.05, 3.63) is 95.6 Å². The summed E-state index contributed by atoms with van der Waals surface area (Å²) in [4.78, 5) is 41.8. The van der Waals surface area contributed by atoms with Gasteiger partial charge in [0.05, 0.1) is 23.5 Å². The molecule has 2 N–H and O–H groups in total. The minimum absolute atomic E-state index is 0.0319. The normalized spacial score (nSPS) is 14.5. The number of nitrogens with one attached hydrogen (secondary N) is 1. The molecular weight excluding hydrogens is 724 g/mol. The Kier molecular flexibility index (Phi) is 13.5. The summed E-state index contributed by atoms with van der Waals surface area (Å²) >= 11 is 5.89. The average Bonchev–Trinajstić information content (AvgIpc) is 3.47. The van der Waals surface area contributed by atoms with Gasteiger partial charge in [-0.1, -0.05) is 107 Å². The van der Waals surface area contributed by atoms with Gasteiger partial charge in [-0.05, 0) is 65.8 Å². The minimum atomic E-state index is -4.03. The van der Waals surface area contributed by atoms with E-state index in [4.69, 9.17) is 11.6 Å². The smallest absolute Gasteiger partial charge is 0.404 e. The molecule has 1 heterocycles. The van der Waals surface area contributed by atoms with Crippen LogP contribution in [0, 0.1) is 5.41 Å². The van der Waals surface area contributed by atoms with Crippen LogP contribution >= 0.6 is 11.6 Å². The number of nitrogens with zero attached hydrogens (tertiary/aromatic N) is 3. The van der Waals surface area contributed by atoms with Crippen molar-refractivity contribution in [3.8, 4) is 11.3 Å². The second-order valence-electron chi connectivity index (χ2n) is 15.4. The summed E-state index contributed by atoms with van der Waals surface area (Å²) in [5.74, 6) is -0.698. The maximum atomic E-state index is 14.4. The van der Waals surface area contributed by atoms with E-state index < -0.39 is 22.0 Å². The molecule has 1 atom stereocenters. The molecule has 0 spiro atoms. The molecule has 4 aromatic rings. The van der Waals surface area contributed by atoms with Crippen LogP contribution < -0.4 is 5.32 Å². The van der Waals surface area contributed by atoms with Gasteiger partial charge in [-0.15, -0.1) is 11.6 Å². The number of hydrogen-bond acceptors (Lipinski definition) is 5. The van der Waals surface area contributed by atoms with E-state index in [9.17, 15) is 27.9 Å². The lowest BCUT2D eigenvalue weighted by molar-refractivity contribution is -0.130. The van der Waals surface area contributed by atoms with Gasteiger partial charge < -0.3 is 19.9 Å². The van der Waals surface area contributed by atoms with E-state index in [0.29, 0.717) is 24.0 Å². The van der Waals surface area contributed by atoms with Gasteiger partial charge in [0, 0.05) is 36.5 Å². The Labute approximate surface area is 324 Å². The van der Waals surface area contributed by atoms with E-state index in [2.05, 4.69) is 5.32 Å². The van der Waals surface area contributed by atoms with Gasteiger partial charge in [0.25, 0.3) is 5.91 Å². The molecule has 1 aliphatic carbocycles. The van der Waals surface area contributed by atoms with Crippen molar-refractivity contribution in [2.45, 2.75) is 90.8 Å². The summed E-state index contributed by atoms with van der Waals surface area (Å²) in [6.07, 6.45) is 4.88. The molecule has 0 radical (unpaired) electrons. The predicted molar refractivity (Wildman–Crippen MR) is 215 cm³/mol. The van der Waals surface area contributed by atoms with Gasteiger partial charge >= 0.3 is 6.09 Å². The van der Waals surface area contributed by atoms with Crippen molar-refractivity contribution in [2.24, 2.45) is 5.41 Å². The van der Waals surface area contributed by atoms with Crippen LogP contribution in [0.25, 0.3) is 22.2 Å². The average molecular weight is 777 g/mol. The maximum absolute atomic E-state index is 14.4. The van der Waals surface area contributed by atoms with Gasteiger partial charge in [0.2, 0.25) is 15.9 Å². The van der Waals surface area contributed by atoms with Crippen LogP contribution in [0.4, 0.5) is 4.79 Å². The summed E-state index contributed by atoms with van der Waals surface area (Å²) in [6.45, 7) is 6.06. The van der Waals surface area contributed by atoms with Crippen molar-refractivity contribution in [2.75, 3.05) is 25.2 Å². The summed E-state index contributed by atoms with van der Waals surface area (Å²) in [6, 6.07) is 24.0. The summed E-state index contributed by atoms with van der Waals surface area (Å²) < 4.78 is 30.3. The number of halogens is 1. The molecule has 1 aliphatic rings. The fraction of sp³-hybridized carbons (Fsp3) is 0.452. The van der Waals surface area contributed by atoms with Crippen molar-refractivity contribution >= 4 is 50.4 Å². The second kappa shape index (κ2) is 17.9. The minimum Gasteiger partial charge on any atom is -0.465 e. The number of alkyl halides is 1. The summed E-state index contributed by atoms with van der Waals surface area (Å²) in [5.41, 5.74) is 4.21. The molecule has 12 heteroatoms. The summed E-state index contributed by atoms with van der Waals surface area (Å²) in [5, 5.41) is 13.0. The largest absolute Gasteiger partial charge is 0.465 e. The monoisotopic (exact) mass is 776 g/mol. The van der Waals surface area contributed by atoms with Gasteiger partial charge in [-0.25, -0.2) is 17.5 Å². The van der Waals surface area contributed by atoms with E-state index >= 15 is 0 Å². The molecule has 1 unspecified atom stereocenters. The van der Waals surface area contributed by atoms with E-state index in [-0.39, 0.29) is 60.0 Å². The fourth-order valence-electron chi connectivity index (χ4n) is 7.50. The molecule has 10 nitrogen and oxygen atoms in total. The lowest BCUT2D eigenvalue weighted by Crippen LogP contribution is -2.45. The topological polar surface area (TPSA) is 129 Å². The first kappa shape index (κ1) is 40.8. The SMILES string of the molecule is CN(CCC(NC(=O)O)C(C)(C)C)C(=O)Cn1c(-c2ccccc2)c(C2CCCCC2)c2ccc(C(=O)N(Cc3ccccc3)S(=O)(=O)CCCCl)cc21. The third-order valence-corrected chi connectivity index (χ3v) is 12.5. The van der Waals surface area contributed by atoms with E-state index in [0.717, 1.165) is 52.2 Å². The molecule has 1 saturated carbocycles. The molecule has 5 rings (SSSR count). The number of rotatable bonds is 15. The Bertz CT molecular complexity index is 2020. The molecule has 1 aromatic heterocycles. The highest BCUT2D eigenvalue weighted by Crippen LogP contribution is 2.44. The molecular formula is C42H53ClN4O6S. The Morgan fingerprint density at radius 2 is 1.61 bits per heavy atom. The molecule has 0 aliphatic heterocycles. The van der Waals surface area contributed by atoms with Crippen molar-refractivity contribution in [1.29, 1.82) is 0 Å². The van der Waals surface area contributed by atoms with Crippen molar-refractivity contribution in [1.82, 2.24) is 19.1 Å². The summed E-state index contributed by atoms with van der Waals surface area (Å²) in [7, 11) is -2.31. The van der Waals surface area contributed by atoms with Crippen molar-refractivity contribution in [3.63, 3.8) is 0 Å². The number of sulfonamides is 1. The first-order valence-electron chi connectivity index (χ1n) is 18.8. The van der Waals surface area contributed by atoms with Gasteiger partial charge in [-0.2, -0.15) is 0 Å². The fourth-order valence-corrected chi connectivity index (χ4v) is 9.22. The number of carbonyl (C=O) groups excluding carboxylic acids is 2. The second-order valence-corrected chi connectivity index (χ2v) is 17.8. The number of amides is 3.